The molecule has 5 heteroatoms. The second-order valence-corrected chi connectivity index (χ2v) is 4.95. The number of halogens is 1. The summed E-state index contributed by atoms with van der Waals surface area (Å²) in [7, 11) is 0. The lowest BCUT2D eigenvalue weighted by atomic mass is 10.1. The fourth-order valence-electron chi connectivity index (χ4n) is 2.04. The summed E-state index contributed by atoms with van der Waals surface area (Å²) in [5, 5.41) is 5.06. The molecule has 0 bridgehead atoms. The Bertz CT molecular complexity index is 560. The molecule has 0 radical (unpaired) electrons. The third kappa shape index (κ3) is 2.54. The van der Waals surface area contributed by atoms with E-state index in [4.69, 9.17) is 17.3 Å². The SMILES string of the molecule is Cc1nc(C)n(-c2c(Cl)cccc2CC(C)N)n1. The van der Waals surface area contributed by atoms with Crippen LogP contribution in [0.5, 0.6) is 0 Å². The van der Waals surface area contributed by atoms with E-state index in [1.54, 1.807) is 4.68 Å². The molecule has 1 atom stereocenters. The molecule has 1 aromatic carbocycles. The van der Waals surface area contributed by atoms with Gasteiger partial charge in [-0.3, -0.25) is 0 Å². The molecule has 0 amide bonds. The highest BCUT2D eigenvalue weighted by atomic mass is 35.5. The van der Waals surface area contributed by atoms with Crippen molar-refractivity contribution in [2.45, 2.75) is 33.2 Å². The number of nitrogens with zero attached hydrogens (tertiary/aromatic N) is 3. The molecule has 0 aliphatic rings. The molecule has 0 fully saturated rings. The van der Waals surface area contributed by atoms with E-state index < -0.39 is 0 Å². The minimum Gasteiger partial charge on any atom is -0.328 e. The van der Waals surface area contributed by atoms with Crippen LogP contribution in [0.15, 0.2) is 18.2 Å². The van der Waals surface area contributed by atoms with Gasteiger partial charge in [0.25, 0.3) is 0 Å². The predicted molar refractivity (Wildman–Crippen MR) is 73.2 cm³/mol. The van der Waals surface area contributed by atoms with Gasteiger partial charge in [0.15, 0.2) is 0 Å². The van der Waals surface area contributed by atoms with Crippen molar-refractivity contribution in [2.24, 2.45) is 5.73 Å². The summed E-state index contributed by atoms with van der Waals surface area (Å²) in [6.07, 6.45) is 0.758. The smallest absolute Gasteiger partial charge is 0.148 e. The van der Waals surface area contributed by atoms with Gasteiger partial charge in [0.2, 0.25) is 0 Å². The predicted octanol–water partition coefficient (Wildman–Crippen LogP) is 2.43. The second kappa shape index (κ2) is 5.08. The van der Waals surface area contributed by atoms with Crippen molar-refractivity contribution in [3.8, 4) is 5.69 Å². The van der Waals surface area contributed by atoms with Crippen LogP contribution in [-0.2, 0) is 6.42 Å². The Hall–Kier alpha value is -1.39. The monoisotopic (exact) mass is 264 g/mol. The zero-order chi connectivity index (χ0) is 13.3. The summed E-state index contributed by atoms with van der Waals surface area (Å²) in [5.74, 6) is 1.56. The molecule has 1 unspecified atom stereocenters. The van der Waals surface area contributed by atoms with Gasteiger partial charge in [-0.2, -0.15) is 5.10 Å². The molecule has 1 heterocycles. The van der Waals surface area contributed by atoms with E-state index >= 15 is 0 Å². The maximum Gasteiger partial charge on any atom is 0.148 e. The van der Waals surface area contributed by atoms with Gasteiger partial charge in [0.1, 0.15) is 11.6 Å². The second-order valence-electron chi connectivity index (χ2n) is 4.55. The molecule has 2 N–H and O–H groups in total. The van der Waals surface area contributed by atoms with E-state index in [9.17, 15) is 0 Å². The molecule has 0 saturated carbocycles. The average Bonchev–Trinajstić information content (AvgIpc) is 2.57. The van der Waals surface area contributed by atoms with Gasteiger partial charge >= 0.3 is 0 Å². The number of benzene rings is 1. The Kier molecular flexibility index (Phi) is 3.68. The summed E-state index contributed by atoms with van der Waals surface area (Å²) in [6.45, 7) is 5.76. The van der Waals surface area contributed by atoms with Crippen molar-refractivity contribution in [3.05, 3.63) is 40.4 Å². The minimum absolute atomic E-state index is 0.0761. The van der Waals surface area contributed by atoms with Crippen LogP contribution < -0.4 is 5.73 Å². The molecule has 4 nitrogen and oxygen atoms in total. The van der Waals surface area contributed by atoms with Crippen molar-refractivity contribution in [1.82, 2.24) is 14.8 Å². The van der Waals surface area contributed by atoms with Crippen molar-refractivity contribution < 1.29 is 0 Å². The summed E-state index contributed by atoms with van der Waals surface area (Å²) in [5.41, 5.74) is 7.85. The van der Waals surface area contributed by atoms with Crippen molar-refractivity contribution in [1.29, 1.82) is 0 Å². The summed E-state index contributed by atoms with van der Waals surface area (Å²) < 4.78 is 1.79. The number of hydrogen-bond acceptors (Lipinski definition) is 3. The Morgan fingerprint density at radius 2 is 2.11 bits per heavy atom. The Labute approximate surface area is 112 Å². The lowest BCUT2D eigenvalue weighted by molar-refractivity contribution is 0.723. The van der Waals surface area contributed by atoms with Crippen LogP contribution in [0, 0.1) is 13.8 Å². The van der Waals surface area contributed by atoms with Crippen LogP contribution in [0.1, 0.15) is 24.1 Å². The average molecular weight is 265 g/mol. The maximum absolute atomic E-state index is 6.30. The van der Waals surface area contributed by atoms with E-state index in [-0.39, 0.29) is 6.04 Å². The minimum atomic E-state index is 0.0761. The Morgan fingerprint density at radius 3 is 2.67 bits per heavy atom. The number of para-hydroxylation sites is 1. The number of hydrogen-bond donors (Lipinski definition) is 1. The molecule has 0 spiro atoms. The number of nitrogens with two attached hydrogens (primary N) is 1. The molecule has 1 aromatic heterocycles. The third-order valence-electron chi connectivity index (χ3n) is 2.70. The first-order valence-corrected chi connectivity index (χ1v) is 6.30. The zero-order valence-electron chi connectivity index (χ0n) is 10.8. The highest BCUT2D eigenvalue weighted by Crippen LogP contribution is 2.25. The van der Waals surface area contributed by atoms with Gasteiger partial charge in [0.05, 0.1) is 10.7 Å². The molecular formula is C13H17ClN4. The van der Waals surface area contributed by atoms with Crippen LogP contribution in [0.2, 0.25) is 5.02 Å². The summed E-state index contributed by atoms with van der Waals surface area (Å²) in [4.78, 5) is 4.31. The van der Waals surface area contributed by atoms with Crippen LogP contribution in [0.3, 0.4) is 0 Å². The van der Waals surface area contributed by atoms with E-state index in [1.165, 1.54) is 0 Å². The molecule has 2 rings (SSSR count). The van der Waals surface area contributed by atoms with Gasteiger partial charge in [-0.25, -0.2) is 9.67 Å². The quantitative estimate of drug-likeness (QED) is 0.926. The number of rotatable bonds is 3. The van der Waals surface area contributed by atoms with E-state index in [2.05, 4.69) is 10.1 Å². The van der Waals surface area contributed by atoms with E-state index in [0.29, 0.717) is 5.02 Å². The molecule has 96 valence electrons. The first-order chi connectivity index (χ1) is 8.49. The fraction of sp³-hybridized carbons (Fsp3) is 0.385. The molecule has 0 saturated heterocycles. The van der Waals surface area contributed by atoms with Crippen molar-refractivity contribution >= 4 is 11.6 Å². The lowest BCUT2D eigenvalue weighted by Gasteiger charge is -2.13. The zero-order valence-corrected chi connectivity index (χ0v) is 11.6. The molecule has 2 aromatic rings. The Balaban J connectivity index is 2.58. The topological polar surface area (TPSA) is 56.7 Å². The molecule has 18 heavy (non-hydrogen) atoms. The maximum atomic E-state index is 6.30. The van der Waals surface area contributed by atoms with Crippen molar-refractivity contribution in [2.75, 3.05) is 0 Å². The first kappa shape index (κ1) is 13.1. The highest BCUT2D eigenvalue weighted by molar-refractivity contribution is 6.32. The van der Waals surface area contributed by atoms with Crippen LogP contribution in [-0.4, -0.2) is 20.8 Å². The van der Waals surface area contributed by atoms with Crippen molar-refractivity contribution in [3.63, 3.8) is 0 Å². The van der Waals surface area contributed by atoms with Crippen LogP contribution >= 0.6 is 11.6 Å². The lowest BCUT2D eigenvalue weighted by Crippen LogP contribution is -2.19. The number of aromatic nitrogens is 3. The normalized spacial score (nSPS) is 12.7. The van der Waals surface area contributed by atoms with Gasteiger partial charge in [-0.15, -0.1) is 0 Å². The first-order valence-electron chi connectivity index (χ1n) is 5.92. The van der Waals surface area contributed by atoms with E-state index in [0.717, 1.165) is 29.3 Å². The number of aryl methyl sites for hydroxylation is 2. The van der Waals surface area contributed by atoms with Gasteiger partial charge in [0, 0.05) is 6.04 Å². The molecule has 0 aliphatic carbocycles. The summed E-state index contributed by atoms with van der Waals surface area (Å²) in [6, 6.07) is 5.90. The standard InChI is InChI=1S/C13H17ClN4/c1-8(15)7-11-5-4-6-12(14)13(11)18-10(3)16-9(2)17-18/h4-6,8H,7,15H2,1-3H3. The van der Waals surface area contributed by atoms with Crippen LogP contribution in [0.4, 0.5) is 0 Å². The molecule has 0 aliphatic heterocycles. The fourth-order valence-corrected chi connectivity index (χ4v) is 2.32. The summed E-state index contributed by atoms with van der Waals surface area (Å²) >= 11 is 6.30. The Morgan fingerprint density at radius 1 is 1.39 bits per heavy atom. The highest BCUT2D eigenvalue weighted by Gasteiger charge is 2.14. The largest absolute Gasteiger partial charge is 0.328 e. The van der Waals surface area contributed by atoms with Gasteiger partial charge < -0.3 is 5.73 Å². The van der Waals surface area contributed by atoms with Crippen LogP contribution in [0.25, 0.3) is 5.69 Å². The van der Waals surface area contributed by atoms with Gasteiger partial charge in [-0.05, 0) is 38.8 Å². The molecular weight excluding hydrogens is 248 g/mol. The van der Waals surface area contributed by atoms with E-state index in [1.807, 2.05) is 39.0 Å². The van der Waals surface area contributed by atoms with Gasteiger partial charge in [-0.1, -0.05) is 23.7 Å². The third-order valence-corrected chi connectivity index (χ3v) is 3.00.